The van der Waals surface area contributed by atoms with Crippen molar-refractivity contribution < 1.29 is 22.4 Å². The fraction of sp³-hybridized carbons (Fsp3) is 0.250. The Bertz CT molecular complexity index is 978. The zero-order chi connectivity index (χ0) is 17.8. The van der Waals surface area contributed by atoms with Gasteiger partial charge in [-0.15, -0.1) is 5.10 Å². The SMILES string of the molecule is O=C1CC(c2ccc(F)cc2)Cc2c1cnc1nc(C(F)(F)F)nn21. The summed E-state index contributed by atoms with van der Waals surface area (Å²) < 4.78 is 52.6. The van der Waals surface area contributed by atoms with E-state index in [0.29, 0.717) is 5.69 Å². The molecular formula is C16H10F4N4O. The maximum atomic E-state index is 13.1. The van der Waals surface area contributed by atoms with Gasteiger partial charge in [-0.3, -0.25) is 4.79 Å². The van der Waals surface area contributed by atoms with Gasteiger partial charge in [-0.25, -0.2) is 13.9 Å². The Morgan fingerprint density at radius 3 is 2.52 bits per heavy atom. The summed E-state index contributed by atoms with van der Waals surface area (Å²) in [5.74, 6) is -2.42. The fourth-order valence-electron chi connectivity index (χ4n) is 3.04. The minimum Gasteiger partial charge on any atom is -0.294 e. The highest BCUT2D eigenvalue weighted by molar-refractivity contribution is 5.98. The summed E-state index contributed by atoms with van der Waals surface area (Å²) in [6.07, 6.45) is -3.00. The number of nitrogens with zero attached hydrogens (tertiary/aromatic N) is 4. The molecule has 0 radical (unpaired) electrons. The van der Waals surface area contributed by atoms with E-state index in [2.05, 4.69) is 15.1 Å². The van der Waals surface area contributed by atoms with Gasteiger partial charge in [-0.2, -0.15) is 18.2 Å². The van der Waals surface area contributed by atoms with Crippen LogP contribution in [0.3, 0.4) is 0 Å². The lowest BCUT2D eigenvalue weighted by Crippen LogP contribution is -2.22. The number of hydrogen-bond donors (Lipinski definition) is 0. The van der Waals surface area contributed by atoms with Crippen molar-refractivity contribution in [2.45, 2.75) is 24.9 Å². The van der Waals surface area contributed by atoms with Gasteiger partial charge in [0.1, 0.15) is 5.82 Å². The van der Waals surface area contributed by atoms with Crippen LogP contribution in [0.25, 0.3) is 5.78 Å². The number of benzene rings is 1. The first kappa shape index (κ1) is 15.7. The molecular weight excluding hydrogens is 340 g/mol. The summed E-state index contributed by atoms with van der Waals surface area (Å²) in [6, 6.07) is 5.71. The van der Waals surface area contributed by atoms with Crippen LogP contribution in [-0.4, -0.2) is 25.4 Å². The van der Waals surface area contributed by atoms with E-state index in [1.54, 1.807) is 12.1 Å². The molecule has 1 aliphatic rings. The predicted molar refractivity (Wildman–Crippen MR) is 77.6 cm³/mol. The zero-order valence-electron chi connectivity index (χ0n) is 12.6. The summed E-state index contributed by atoms with van der Waals surface area (Å²) in [5.41, 5.74) is 1.31. The summed E-state index contributed by atoms with van der Waals surface area (Å²) in [4.78, 5) is 19.6. The topological polar surface area (TPSA) is 60.2 Å². The van der Waals surface area contributed by atoms with Gasteiger partial charge in [0, 0.05) is 12.6 Å². The van der Waals surface area contributed by atoms with Gasteiger partial charge in [0.2, 0.25) is 0 Å². The highest BCUT2D eigenvalue weighted by Crippen LogP contribution is 2.33. The molecule has 2 heterocycles. The average Bonchev–Trinajstić information content (AvgIpc) is 3.00. The van der Waals surface area contributed by atoms with E-state index < -0.39 is 17.8 Å². The highest BCUT2D eigenvalue weighted by atomic mass is 19.4. The van der Waals surface area contributed by atoms with Gasteiger partial charge < -0.3 is 0 Å². The first-order valence-corrected chi connectivity index (χ1v) is 7.43. The maximum absolute atomic E-state index is 13.1. The molecule has 25 heavy (non-hydrogen) atoms. The Morgan fingerprint density at radius 1 is 1.12 bits per heavy atom. The number of Topliss-reactive ketones (excluding diaryl/α,β-unsaturated/α-hetero) is 1. The van der Waals surface area contributed by atoms with Crippen molar-refractivity contribution >= 4 is 11.6 Å². The number of aromatic nitrogens is 4. The molecule has 0 bridgehead atoms. The molecule has 9 heteroatoms. The second-order valence-electron chi connectivity index (χ2n) is 5.84. The molecule has 0 aliphatic heterocycles. The van der Waals surface area contributed by atoms with Crippen LogP contribution in [0.5, 0.6) is 0 Å². The lowest BCUT2D eigenvalue weighted by molar-refractivity contribution is -0.144. The largest absolute Gasteiger partial charge is 0.453 e. The number of fused-ring (bicyclic) bond motifs is 3. The minimum absolute atomic E-state index is 0.173. The van der Waals surface area contributed by atoms with E-state index in [-0.39, 0.29) is 35.9 Å². The molecule has 4 rings (SSSR count). The van der Waals surface area contributed by atoms with Gasteiger partial charge in [-0.1, -0.05) is 12.1 Å². The van der Waals surface area contributed by atoms with Gasteiger partial charge >= 0.3 is 6.18 Å². The molecule has 1 aromatic carbocycles. The third-order valence-corrected chi connectivity index (χ3v) is 4.23. The summed E-state index contributed by atoms with van der Waals surface area (Å²) in [7, 11) is 0. The second-order valence-corrected chi connectivity index (χ2v) is 5.84. The molecule has 0 saturated heterocycles. The molecule has 0 spiro atoms. The number of halogens is 4. The highest BCUT2D eigenvalue weighted by Gasteiger charge is 2.38. The van der Waals surface area contributed by atoms with E-state index in [4.69, 9.17) is 0 Å². The van der Waals surface area contributed by atoms with Crippen molar-refractivity contribution in [2.75, 3.05) is 0 Å². The monoisotopic (exact) mass is 350 g/mol. The van der Waals surface area contributed by atoms with Gasteiger partial charge in [0.15, 0.2) is 5.78 Å². The molecule has 0 amide bonds. The number of carbonyl (C=O) groups excluding carboxylic acids is 1. The summed E-state index contributed by atoms with van der Waals surface area (Å²) in [6.45, 7) is 0. The molecule has 3 aromatic rings. The van der Waals surface area contributed by atoms with Crippen LogP contribution < -0.4 is 0 Å². The smallest absolute Gasteiger partial charge is 0.294 e. The second kappa shape index (κ2) is 5.33. The Balaban J connectivity index is 1.82. The third-order valence-electron chi connectivity index (χ3n) is 4.23. The first-order valence-electron chi connectivity index (χ1n) is 7.43. The Kier molecular flexibility index (Phi) is 3.34. The van der Waals surface area contributed by atoms with Crippen LogP contribution >= 0.6 is 0 Å². The average molecular weight is 350 g/mol. The predicted octanol–water partition coefficient (Wildman–Crippen LogP) is 3.19. The normalized spacial score (nSPS) is 17.8. The molecule has 0 N–H and O–H groups in total. The molecule has 0 fully saturated rings. The molecule has 5 nitrogen and oxygen atoms in total. The first-order chi connectivity index (χ1) is 11.8. The lowest BCUT2D eigenvalue weighted by Gasteiger charge is -2.23. The number of rotatable bonds is 1. The van der Waals surface area contributed by atoms with E-state index in [9.17, 15) is 22.4 Å². The van der Waals surface area contributed by atoms with Crippen molar-refractivity contribution in [3.05, 3.63) is 58.9 Å². The molecule has 128 valence electrons. The van der Waals surface area contributed by atoms with Crippen LogP contribution in [0.1, 0.15) is 39.8 Å². The molecule has 2 aromatic heterocycles. The third kappa shape index (κ3) is 2.65. The van der Waals surface area contributed by atoms with E-state index in [1.807, 2.05) is 0 Å². The van der Waals surface area contributed by atoms with Gasteiger partial charge in [-0.05, 0) is 30.0 Å². The number of alkyl halides is 3. The molecule has 1 atom stereocenters. The zero-order valence-corrected chi connectivity index (χ0v) is 12.6. The van der Waals surface area contributed by atoms with Crippen molar-refractivity contribution in [1.29, 1.82) is 0 Å². The number of carbonyl (C=O) groups is 1. The summed E-state index contributed by atoms with van der Waals surface area (Å²) >= 11 is 0. The molecule has 1 unspecified atom stereocenters. The minimum atomic E-state index is -4.70. The van der Waals surface area contributed by atoms with Crippen LogP contribution in [0.2, 0.25) is 0 Å². The van der Waals surface area contributed by atoms with Crippen molar-refractivity contribution in [3.63, 3.8) is 0 Å². The maximum Gasteiger partial charge on any atom is 0.453 e. The Morgan fingerprint density at radius 2 is 1.84 bits per heavy atom. The Labute approximate surface area is 138 Å². The van der Waals surface area contributed by atoms with E-state index >= 15 is 0 Å². The van der Waals surface area contributed by atoms with Crippen LogP contribution in [-0.2, 0) is 12.6 Å². The van der Waals surface area contributed by atoms with Crippen molar-refractivity contribution in [3.8, 4) is 0 Å². The van der Waals surface area contributed by atoms with Gasteiger partial charge in [0.05, 0.1) is 11.3 Å². The van der Waals surface area contributed by atoms with Gasteiger partial charge in [0.25, 0.3) is 11.6 Å². The molecule has 0 saturated carbocycles. The number of ketones is 1. The van der Waals surface area contributed by atoms with Crippen molar-refractivity contribution in [1.82, 2.24) is 19.6 Å². The van der Waals surface area contributed by atoms with Crippen molar-refractivity contribution in [2.24, 2.45) is 0 Å². The van der Waals surface area contributed by atoms with E-state index in [1.165, 1.54) is 18.3 Å². The van der Waals surface area contributed by atoms with E-state index in [0.717, 1.165) is 10.1 Å². The number of hydrogen-bond acceptors (Lipinski definition) is 4. The molecule has 1 aliphatic carbocycles. The van der Waals surface area contributed by atoms with Crippen LogP contribution in [0, 0.1) is 5.82 Å². The standard InChI is InChI=1S/C16H10F4N4O/c17-10-3-1-8(2-4-10)9-5-12-11(13(25)6-9)7-21-15-22-14(16(18,19)20)23-24(12)15/h1-4,7,9H,5-6H2. The lowest BCUT2D eigenvalue weighted by atomic mass is 9.82. The fourth-order valence-corrected chi connectivity index (χ4v) is 3.04. The van der Waals surface area contributed by atoms with Crippen LogP contribution in [0.15, 0.2) is 30.5 Å². The van der Waals surface area contributed by atoms with Crippen LogP contribution in [0.4, 0.5) is 17.6 Å². The summed E-state index contributed by atoms with van der Waals surface area (Å²) in [5, 5.41) is 3.48. The Hall–Kier alpha value is -2.84. The quantitative estimate of drug-likeness (QED) is 0.633.